The van der Waals surface area contributed by atoms with Crippen LogP contribution in [0.1, 0.15) is 24.6 Å². The second kappa shape index (κ2) is 5.74. The topological polar surface area (TPSA) is 42.1 Å². The first-order valence-electron chi connectivity index (χ1n) is 6.27. The summed E-state index contributed by atoms with van der Waals surface area (Å²) in [7, 11) is 0. The summed E-state index contributed by atoms with van der Waals surface area (Å²) in [5.74, 6) is 0.509. The lowest BCUT2D eigenvalue weighted by atomic mass is 9.94. The van der Waals surface area contributed by atoms with E-state index >= 15 is 0 Å². The second-order valence-corrected chi connectivity index (χ2v) is 5.94. The first-order valence-corrected chi connectivity index (χ1v) is 7.02. The van der Waals surface area contributed by atoms with Gasteiger partial charge in [-0.25, -0.2) is 4.98 Å². The summed E-state index contributed by atoms with van der Waals surface area (Å²) in [5.41, 5.74) is 7.79. The van der Waals surface area contributed by atoms with E-state index in [1.165, 1.54) is 0 Å². The minimum Gasteiger partial charge on any atom is -0.327 e. The van der Waals surface area contributed by atoms with Crippen LogP contribution in [-0.2, 0) is 6.54 Å². The van der Waals surface area contributed by atoms with E-state index < -0.39 is 0 Å². The van der Waals surface area contributed by atoms with Gasteiger partial charge in [-0.05, 0) is 31.9 Å². The largest absolute Gasteiger partial charge is 0.327 e. The fourth-order valence-corrected chi connectivity index (χ4v) is 3.03. The Morgan fingerprint density at radius 3 is 2.83 bits per heavy atom. The molecule has 2 atom stereocenters. The van der Waals surface area contributed by atoms with Crippen LogP contribution >= 0.6 is 23.2 Å². The van der Waals surface area contributed by atoms with Crippen molar-refractivity contribution in [3.8, 4) is 0 Å². The Kier molecular flexibility index (Phi) is 4.49. The standard InChI is InChI=1S/C13H19Cl2N3/c1-8-6-18(4-3-12(8)16)7-10-11(14)5-9(2)17-13(10)15/h5,8,12H,3-4,6-7,16H2,1-2H3. The SMILES string of the molecule is Cc1cc(Cl)c(CN2CCC(N)C(C)C2)c(Cl)n1. The molecule has 3 nitrogen and oxygen atoms in total. The zero-order chi connectivity index (χ0) is 13.3. The third kappa shape index (κ3) is 3.15. The van der Waals surface area contributed by atoms with Crippen LogP contribution < -0.4 is 5.73 Å². The molecule has 1 fully saturated rings. The number of nitrogens with zero attached hydrogens (tertiary/aromatic N) is 2. The van der Waals surface area contributed by atoms with Crippen molar-refractivity contribution in [1.29, 1.82) is 0 Å². The number of nitrogens with two attached hydrogens (primary N) is 1. The summed E-state index contributed by atoms with van der Waals surface area (Å²) in [4.78, 5) is 6.61. The van der Waals surface area contributed by atoms with E-state index in [9.17, 15) is 0 Å². The van der Waals surface area contributed by atoms with Gasteiger partial charge < -0.3 is 5.73 Å². The molecule has 2 N–H and O–H groups in total. The Hall–Kier alpha value is -0.350. The van der Waals surface area contributed by atoms with Crippen molar-refractivity contribution in [2.45, 2.75) is 32.9 Å². The molecule has 0 bridgehead atoms. The number of hydrogen-bond donors (Lipinski definition) is 1. The van der Waals surface area contributed by atoms with Crippen LogP contribution in [0.5, 0.6) is 0 Å². The summed E-state index contributed by atoms with van der Waals surface area (Å²) in [6.45, 7) is 6.81. The number of halogens is 2. The highest BCUT2D eigenvalue weighted by Crippen LogP contribution is 2.27. The van der Waals surface area contributed by atoms with Crippen molar-refractivity contribution in [3.63, 3.8) is 0 Å². The molecule has 1 saturated heterocycles. The molecule has 5 heteroatoms. The van der Waals surface area contributed by atoms with E-state index in [2.05, 4.69) is 16.8 Å². The minimum absolute atomic E-state index is 0.309. The Morgan fingerprint density at radius 1 is 1.50 bits per heavy atom. The van der Waals surface area contributed by atoms with Gasteiger partial charge in [-0.15, -0.1) is 0 Å². The minimum atomic E-state index is 0.309. The Morgan fingerprint density at radius 2 is 2.22 bits per heavy atom. The average Bonchev–Trinajstić information content (AvgIpc) is 2.28. The van der Waals surface area contributed by atoms with Crippen molar-refractivity contribution in [2.75, 3.05) is 13.1 Å². The highest BCUT2D eigenvalue weighted by molar-refractivity contribution is 6.35. The zero-order valence-corrected chi connectivity index (χ0v) is 12.3. The van der Waals surface area contributed by atoms with Crippen molar-refractivity contribution in [2.24, 2.45) is 11.7 Å². The number of rotatable bonds is 2. The second-order valence-electron chi connectivity index (χ2n) is 5.18. The molecule has 0 radical (unpaired) electrons. The number of aromatic nitrogens is 1. The van der Waals surface area contributed by atoms with Gasteiger partial charge >= 0.3 is 0 Å². The van der Waals surface area contributed by atoms with E-state index in [4.69, 9.17) is 28.9 Å². The highest BCUT2D eigenvalue weighted by Gasteiger charge is 2.24. The predicted molar refractivity (Wildman–Crippen MR) is 76.0 cm³/mol. The van der Waals surface area contributed by atoms with Crippen molar-refractivity contribution in [1.82, 2.24) is 9.88 Å². The van der Waals surface area contributed by atoms with Crippen LogP contribution in [0.15, 0.2) is 6.07 Å². The molecule has 0 aliphatic carbocycles. The molecule has 2 heterocycles. The van der Waals surface area contributed by atoms with Gasteiger partial charge in [0.25, 0.3) is 0 Å². The van der Waals surface area contributed by atoms with Gasteiger partial charge in [-0.3, -0.25) is 4.90 Å². The van der Waals surface area contributed by atoms with Crippen molar-refractivity contribution >= 4 is 23.2 Å². The Bertz CT molecular complexity index is 413. The summed E-state index contributed by atoms with van der Waals surface area (Å²) in [6.07, 6.45) is 1.02. The molecule has 18 heavy (non-hydrogen) atoms. The summed E-state index contributed by atoms with van der Waals surface area (Å²) < 4.78 is 0. The fraction of sp³-hybridized carbons (Fsp3) is 0.615. The van der Waals surface area contributed by atoms with Crippen LogP contribution in [0.2, 0.25) is 10.2 Å². The molecule has 1 aliphatic rings. The Balaban J connectivity index is 2.10. The molecule has 1 aromatic heterocycles. The molecular formula is C13H19Cl2N3. The molecule has 0 amide bonds. The molecule has 1 aliphatic heterocycles. The zero-order valence-electron chi connectivity index (χ0n) is 10.8. The van der Waals surface area contributed by atoms with E-state index in [-0.39, 0.29) is 0 Å². The van der Waals surface area contributed by atoms with E-state index in [0.717, 1.165) is 37.3 Å². The molecular weight excluding hydrogens is 269 g/mol. The lowest BCUT2D eigenvalue weighted by molar-refractivity contribution is 0.157. The maximum absolute atomic E-state index is 6.24. The van der Waals surface area contributed by atoms with Crippen LogP contribution in [0.25, 0.3) is 0 Å². The van der Waals surface area contributed by atoms with Crippen molar-refractivity contribution < 1.29 is 0 Å². The van der Waals surface area contributed by atoms with Gasteiger partial charge in [-0.2, -0.15) is 0 Å². The molecule has 100 valence electrons. The lowest BCUT2D eigenvalue weighted by Gasteiger charge is -2.35. The first kappa shape index (κ1) is 14.1. The first-order chi connectivity index (χ1) is 8.47. The maximum Gasteiger partial charge on any atom is 0.135 e. The Labute approximate surface area is 118 Å². The number of likely N-dealkylation sites (tertiary alicyclic amines) is 1. The third-order valence-corrected chi connectivity index (χ3v) is 4.23. The summed E-state index contributed by atoms with van der Waals surface area (Å²) in [5, 5.41) is 1.22. The maximum atomic E-state index is 6.24. The van der Waals surface area contributed by atoms with Crippen molar-refractivity contribution in [3.05, 3.63) is 27.5 Å². The van der Waals surface area contributed by atoms with Gasteiger partial charge in [0, 0.05) is 35.4 Å². The van der Waals surface area contributed by atoms with Crippen LogP contribution in [0, 0.1) is 12.8 Å². The molecule has 1 aromatic rings. The predicted octanol–water partition coefficient (Wildman–Crippen LogP) is 2.87. The van der Waals surface area contributed by atoms with Crippen LogP contribution in [-0.4, -0.2) is 29.0 Å². The number of aryl methyl sites for hydroxylation is 1. The van der Waals surface area contributed by atoms with Crippen LogP contribution in [0.4, 0.5) is 0 Å². The monoisotopic (exact) mass is 287 g/mol. The van der Waals surface area contributed by atoms with Gasteiger partial charge in [0.15, 0.2) is 0 Å². The normalized spacial score (nSPS) is 25.4. The molecule has 2 unspecified atom stereocenters. The van der Waals surface area contributed by atoms with E-state index in [0.29, 0.717) is 22.1 Å². The highest BCUT2D eigenvalue weighted by atomic mass is 35.5. The van der Waals surface area contributed by atoms with Gasteiger partial charge in [0.1, 0.15) is 5.15 Å². The molecule has 0 saturated carbocycles. The van der Waals surface area contributed by atoms with E-state index in [1.54, 1.807) is 0 Å². The summed E-state index contributed by atoms with van der Waals surface area (Å²) >= 11 is 12.4. The fourth-order valence-electron chi connectivity index (χ4n) is 2.38. The number of hydrogen-bond acceptors (Lipinski definition) is 3. The number of piperidine rings is 1. The van der Waals surface area contributed by atoms with Gasteiger partial charge in [0.2, 0.25) is 0 Å². The molecule has 0 aromatic carbocycles. The van der Waals surface area contributed by atoms with Gasteiger partial charge in [0.05, 0.1) is 0 Å². The average molecular weight is 288 g/mol. The lowest BCUT2D eigenvalue weighted by Crippen LogP contribution is -2.45. The molecule has 2 rings (SSSR count). The van der Waals surface area contributed by atoms with Gasteiger partial charge in [-0.1, -0.05) is 30.1 Å². The smallest absolute Gasteiger partial charge is 0.135 e. The van der Waals surface area contributed by atoms with E-state index in [1.807, 2.05) is 13.0 Å². The quantitative estimate of drug-likeness (QED) is 0.851. The van der Waals surface area contributed by atoms with Crippen LogP contribution in [0.3, 0.4) is 0 Å². The third-order valence-electron chi connectivity index (χ3n) is 3.58. The molecule has 0 spiro atoms. The number of pyridine rings is 1. The summed E-state index contributed by atoms with van der Waals surface area (Å²) in [6, 6.07) is 2.17.